The molecule has 0 bridgehead atoms. The summed E-state index contributed by atoms with van der Waals surface area (Å²) in [6, 6.07) is 11.4. The number of nitrogens with zero attached hydrogens (tertiary/aromatic N) is 4. The summed E-state index contributed by atoms with van der Waals surface area (Å²) < 4.78 is 9.54. The number of carbonyl (C=O) groups excluding carboxylic acids is 1. The molecule has 1 saturated heterocycles. The van der Waals surface area contributed by atoms with E-state index in [1.54, 1.807) is 6.20 Å². The van der Waals surface area contributed by atoms with Gasteiger partial charge >= 0.3 is 6.03 Å². The second kappa shape index (κ2) is 8.61. The molecule has 1 aliphatic heterocycles. The number of rotatable bonds is 6. The number of fused-ring (bicyclic) bond motifs is 1. The molecule has 3 aromatic heterocycles. The zero-order chi connectivity index (χ0) is 21.0. The second-order valence-corrected chi connectivity index (χ2v) is 7.70. The molecule has 1 aromatic carbocycles. The number of imidazole rings is 1. The summed E-state index contributed by atoms with van der Waals surface area (Å²) in [5.41, 5.74) is 4.68. The van der Waals surface area contributed by atoms with Gasteiger partial charge in [-0.2, -0.15) is 5.10 Å². The summed E-state index contributed by atoms with van der Waals surface area (Å²) in [5.74, 6) is 0. The van der Waals surface area contributed by atoms with Gasteiger partial charge in [0.1, 0.15) is 5.65 Å². The van der Waals surface area contributed by atoms with E-state index in [0.717, 1.165) is 54.0 Å². The first-order chi connectivity index (χ1) is 15.2. The predicted octanol–water partition coefficient (Wildman–Crippen LogP) is 3.70. The smallest absolute Gasteiger partial charge is 0.319 e. The minimum absolute atomic E-state index is 0.250. The Bertz CT molecular complexity index is 1170. The summed E-state index contributed by atoms with van der Waals surface area (Å²) in [4.78, 5) is 16.5. The zero-order valence-corrected chi connectivity index (χ0v) is 17.1. The number of ether oxygens (including phenoxy) is 1. The Balaban J connectivity index is 1.15. The molecule has 4 heterocycles. The largest absolute Gasteiger partial charge is 0.376 e. The number of nitrogens with one attached hydrogen (secondary N) is 2. The molecule has 5 rings (SSSR count). The van der Waals surface area contributed by atoms with E-state index in [-0.39, 0.29) is 12.1 Å². The average Bonchev–Trinajstić information content (AvgIpc) is 3.55. The molecule has 0 saturated carbocycles. The van der Waals surface area contributed by atoms with E-state index < -0.39 is 0 Å². The first kappa shape index (κ1) is 19.3. The Hall–Kier alpha value is -3.65. The zero-order valence-electron chi connectivity index (χ0n) is 17.1. The van der Waals surface area contributed by atoms with E-state index in [2.05, 4.69) is 20.7 Å². The minimum Gasteiger partial charge on any atom is -0.376 e. The van der Waals surface area contributed by atoms with Gasteiger partial charge in [-0.15, -0.1) is 0 Å². The predicted molar refractivity (Wildman–Crippen MR) is 118 cm³/mol. The summed E-state index contributed by atoms with van der Waals surface area (Å²) >= 11 is 0. The van der Waals surface area contributed by atoms with E-state index >= 15 is 0 Å². The van der Waals surface area contributed by atoms with E-state index in [1.807, 2.05) is 70.3 Å². The molecule has 8 nitrogen and oxygen atoms in total. The van der Waals surface area contributed by atoms with Crippen LogP contribution in [0.4, 0.5) is 10.5 Å². The van der Waals surface area contributed by atoms with Crippen molar-refractivity contribution in [3.8, 4) is 11.1 Å². The van der Waals surface area contributed by atoms with Crippen molar-refractivity contribution in [2.45, 2.75) is 32.0 Å². The molecule has 1 unspecified atom stereocenters. The number of pyridine rings is 1. The standard InChI is InChI=1S/C23H24N6O2/c30-23(25-13-17-7-9-28-10-8-24-22(28)12-17)27-20-5-3-18(4-6-20)19-14-26-29(15-19)16-21-2-1-11-31-21/h3-10,12,14-15,21H,1-2,11,13,16H2,(H2,25,27,30). The maximum atomic E-state index is 12.3. The molecule has 2 N–H and O–H groups in total. The Kier molecular flexibility index (Phi) is 5.37. The van der Waals surface area contributed by atoms with Gasteiger partial charge in [-0.05, 0) is 48.2 Å². The SMILES string of the molecule is O=C(NCc1ccn2ccnc2c1)Nc1ccc(-c2cnn(CC3CCCO3)c2)cc1. The first-order valence-corrected chi connectivity index (χ1v) is 10.4. The molecule has 0 spiro atoms. The number of urea groups is 1. The highest BCUT2D eigenvalue weighted by Crippen LogP contribution is 2.22. The lowest BCUT2D eigenvalue weighted by molar-refractivity contribution is 0.0940. The van der Waals surface area contributed by atoms with Crippen molar-refractivity contribution < 1.29 is 9.53 Å². The molecule has 158 valence electrons. The number of anilines is 1. The third-order valence-corrected chi connectivity index (χ3v) is 5.44. The molecule has 0 aliphatic carbocycles. The van der Waals surface area contributed by atoms with Crippen molar-refractivity contribution >= 4 is 17.4 Å². The van der Waals surface area contributed by atoms with Crippen molar-refractivity contribution in [3.05, 3.63) is 72.9 Å². The lowest BCUT2D eigenvalue weighted by atomic mass is 10.1. The molecule has 8 heteroatoms. The first-order valence-electron chi connectivity index (χ1n) is 10.4. The van der Waals surface area contributed by atoms with Gasteiger partial charge < -0.3 is 19.8 Å². The van der Waals surface area contributed by atoms with Crippen molar-refractivity contribution in [2.24, 2.45) is 0 Å². The molecule has 31 heavy (non-hydrogen) atoms. The second-order valence-electron chi connectivity index (χ2n) is 7.70. The summed E-state index contributed by atoms with van der Waals surface area (Å²) in [5, 5.41) is 10.2. The lowest BCUT2D eigenvalue weighted by Gasteiger charge is -2.09. The van der Waals surface area contributed by atoms with Gasteiger partial charge in [0.25, 0.3) is 0 Å². The van der Waals surface area contributed by atoms with Crippen LogP contribution in [0.5, 0.6) is 0 Å². The summed E-state index contributed by atoms with van der Waals surface area (Å²) in [6.07, 6.45) is 11.9. The van der Waals surface area contributed by atoms with Gasteiger partial charge in [-0.1, -0.05) is 12.1 Å². The van der Waals surface area contributed by atoms with Crippen LogP contribution in [0, 0.1) is 0 Å². The van der Waals surface area contributed by atoms with Gasteiger partial charge in [-0.3, -0.25) is 4.68 Å². The molecule has 2 amide bonds. The lowest BCUT2D eigenvalue weighted by Crippen LogP contribution is -2.28. The van der Waals surface area contributed by atoms with E-state index in [9.17, 15) is 4.79 Å². The van der Waals surface area contributed by atoms with Crippen LogP contribution in [0.25, 0.3) is 16.8 Å². The molecule has 1 aliphatic rings. The van der Waals surface area contributed by atoms with E-state index in [1.165, 1.54) is 0 Å². The third kappa shape index (κ3) is 4.59. The van der Waals surface area contributed by atoms with Gasteiger partial charge in [-0.25, -0.2) is 9.78 Å². The van der Waals surface area contributed by atoms with Crippen LogP contribution < -0.4 is 10.6 Å². The molecule has 0 radical (unpaired) electrons. The molecular weight excluding hydrogens is 392 g/mol. The summed E-state index contributed by atoms with van der Waals surface area (Å²) in [7, 11) is 0. The van der Waals surface area contributed by atoms with Gasteiger partial charge in [0.05, 0.1) is 18.8 Å². The number of carbonyl (C=O) groups is 1. The van der Waals surface area contributed by atoms with Crippen LogP contribution in [0.1, 0.15) is 18.4 Å². The number of aromatic nitrogens is 4. The van der Waals surface area contributed by atoms with Crippen LogP contribution in [0.15, 0.2) is 67.4 Å². The van der Waals surface area contributed by atoms with E-state index in [4.69, 9.17) is 4.74 Å². The van der Waals surface area contributed by atoms with Gasteiger partial charge in [0, 0.05) is 49.2 Å². The Morgan fingerprint density at radius 3 is 2.90 bits per heavy atom. The summed E-state index contributed by atoms with van der Waals surface area (Å²) in [6.45, 7) is 2.06. The third-order valence-electron chi connectivity index (χ3n) is 5.44. The van der Waals surface area contributed by atoms with Crippen LogP contribution in [-0.2, 0) is 17.8 Å². The number of amides is 2. The Labute approximate surface area is 179 Å². The minimum atomic E-state index is -0.250. The number of hydrogen-bond donors (Lipinski definition) is 2. The van der Waals surface area contributed by atoms with Crippen molar-refractivity contribution in [2.75, 3.05) is 11.9 Å². The monoisotopic (exact) mass is 416 g/mol. The topological polar surface area (TPSA) is 85.5 Å². The number of benzene rings is 1. The highest BCUT2D eigenvalue weighted by molar-refractivity contribution is 5.89. The fraction of sp³-hybridized carbons (Fsp3) is 0.261. The normalized spacial score (nSPS) is 15.9. The maximum absolute atomic E-state index is 12.3. The van der Waals surface area contributed by atoms with E-state index in [0.29, 0.717) is 6.54 Å². The van der Waals surface area contributed by atoms with Crippen LogP contribution in [0.2, 0.25) is 0 Å². The highest BCUT2D eigenvalue weighted by atomic mass is 16.5. The molecule has 1 atom stereocenters. The van der Waals surface area contributed by atoms with Crippen LogP contribution in [0.3, 0.4) is 0 Å². The Morgan fingerprint density at radius 2 is 2.06 bits per heavy atom. The van der Waals surface area contributed by atoms with Crippen molar-refractivity contribution in [1.82, 2.24) is 24.5 Å². The quantitative estimate of drug-likeness (QED) is 0.502. The fourth-order valence-electron chi connectivity index (χ4n) is 3.78. The van der Waals surface area contributed by atoms with Crippen molar-refractivity contribution in [1.29, 1.82) is 0 Å². The van der Waals surface area contributed by atoms with Crippen LogP contribution in [-0.4, -0.2) is 37.9 Å². The fourth-order valence-corrected chi connectivity index (χ4v) is 3.78. The maximum Gasteiger partial charge on any atom is 0.319 e. The van der Waals surface area contributed by atoms with Gasteiger partial charge in [0.15, 0.2) is 0 Å². The Morgan fingerprint density at radius 1 is 1.16 bits per heavy atom. The number of hydrogen-bond acceptors (Lipinski definition) is 4. The molecule has 1 fully saturated rings. The molecule has 4 aromatic rings. The van der Waals surface area contributed by atoms with Gasteiger partial charge in [0.2, 0.25) is 0 Å². The highest BCUT2D eigenvalue weighted by Gasteiger charge is 2.16. The van der Waals surface area contributed by atoms with Crippen molar-refractivity contribution in [3.63, 3.8) is 0 Å². The average molecular weight is 416 g/mol. The molecular formula is C23H24N6O2. The van der Waals surface area contributed by atoms with Crippen LogP contribution >= 0.6 is 0 Å².